The van der Waals surface area contributed by atoms with E-state index in [4.69, 9.17) is 0 Å². The van der Waals surface area contributed by atoms with Crippen LogP contribution in [0.2, 0.25) is 0 Å². The van der Waals surface area contributed by atoms with Gasteiger partial charge in [-0.1, -0.05) is 6.07 Å². The molecule has 0 spiro atoms. The maximum atomic E-state index is 12.7. The molecule has 1 aromatic carbocycles. The zero-order valence-electron chi connectivity index (χ0n) is 15.7. The van der Waals surface area contributed by atoms with Gasteiger partial charge in [-0.05, 0) is 44.9 Å². The van der Waals surface area contributed by atoms with E-state index >= 15 is 0 Å². The van der Waals surface area contributed by atoms with Crippen molar-refractivity contribution in [3.05, 3.63) is 23.8 Å². The first kappa shape index (κ1) is 18.0. The first-order valence-electron chi connectivity index (χ1n) is 9.09. The van der Waals surface area contributed by atoms with Crippen molar-refractivity contribution in [3.63, 3.8) is 0 Å². The van der Waals surface area contributed by atoms with Crippen LogP contribution in [0.3, 0.4) is 0 Å². The molecule has 1 fully saturated rings. The van der Waals surface area contributed by atoms with Gasteiger partial charge in [0.05, 0.1) is 5.60 Å². The van der Waals surface area contributed by atoms with Gasteiger partial charge >= 0.3 is 6.03 Å². The third-order valence-corrected chi connectivity index (χ3v) is 5.05. The number of urea groups is 1. The van der Waals surface area contributed by atoms with Gasteiger partial charge in [0.2, 0.25) is 0 Å². The number of benzene rings is 1. The number of hydrogen-bond acceptors (Lipinski definition) is 4. The number of rotatable bonds is 3. The summed E-state index contributed by atoms with van der Waals surface area (Å²) < 4.78 is 0. The molecule has 2 aliphatic rings. The largest absolute Gasteiger partial charge is 0.389 e. The Morgan fingerprint density at radius 1 is 1.32 bits per heavy atom. The molecule has 2 heterocycles. The van der Waals surface area contributed by atoms with Crippen LogP contribution >= 0.6 is 0 Å². The zero-order chi connectivity index (χ0) is 18.2. The number of anilines is 2. The first-order chi connectivity index (χ1) is 11.7. The number of likely N-dealkylation sites (N-methyl/N-ethyl adjacent to an activating group) is 1. The van der Waals surface area contributed by atoms with Crippen LogP contribution in [-0.4, -0.2) is 72.4 Å². The number of nitrogens with zero attached hydrogens (tertiary/aromatic N) is 3. The molecule has 25 heavy (non-hydrogen) atoms. The Morgan fingerprint density at radius 3 is 2.76 bits per heavy atom. The molecule has 1 saturated heterocycles. The number of carbonyl (C=O) groups excluding carboxylic acids is 1. The minimum atomic E-state index is -0.708. The summed E-state index contributed by atoms with van der Waals surface area (Å²) >= 11 is 0. The minimum Gasteiger partial charge on any atom is -0.389 e. The van der Waals surface area contributed by atoms with Crippen LogP contribution in [0.1, 0.15) is 26.3 Å². The molecule has 138 valence electrons. The minimum absolute atomic E-state index is 0.0454. The van der Waals surface area contributed by atoms with E-state index in [2.05, 4.69) is 41.2 Å². The van der Waals surface area contributed by atoms with E-state index in [1.165, 1.54) is 11.3 Å². The summed E-state index contributed by atoms with van der Waals surface area (Å²) in [4.78, 5) is 19.0. The number of nitrogens with one attached hydrogen (secondary N) is 1. The second kappa shape index (κ2) is 6.84. The van der Waals surface area contributed by atoms with Crippen molar-refractivity contribution < 1.29 is 9.90 Å². The molecule has 6 heteroatoms. The molecule has 0 aliphatic carbocycles. The van der Waals surface area contributed by atoms with Crippen LogP contribution in [0.5, 0.6) is 0 Å². The molecule has 0 aromatic heterocycles. The van der Waals surface area contributed by atoms with E-state index in [0.29, 0.717) is 13.1 Å². The Balaban J connectivity index is 1.60. The fraction of sp³-hybridized carbons (Fsp3) is 0.632. The molecule has 0 unspecified atom stereocenters. The second-order valence-electron chi connectivity index (χ2n) is 8.04. The molecule has 6 nitrogen and oxygen atoms in total. The Morgan fingerprint density at radius 2 is 2.08 bits per heavy atom. The van der Waals surface area contributed by atoms with Crippen LogP contribution in [0.4, 0.5) is 16.2 Å². The fourth-order valence-corrected chi connectivity index (χ4v) is 3.84. The van der Waals surface area contributed by atoms with Gasteiger partial charge in [0, 0.05) is 57.2 Å². The van der Waals surface area contributed by atoms with Gasteiger partial charge in [-0.3, -0.25) is 4.90 Å². The summed E-state index contributed by atoms with van der Waals surface area (Å²) in [5.74, 6) is 0. The highest BCUT2D eigenvalue weighted by molar-refractivity contribution is 5.90. The van der Waals surface area contributed by atoms with Gasteiger partial charge in [0.25, 0.3) is 0 Å². The van der Waals surface area contributed by atoms with Crippen molar-refractivity contribution in [2.24, 2.45) is 0 Å². The van der Waals surface area contributed by atoms with E-state index < -0.39 is 5.60 Å². The van der Waals surface area contributed by atoms with Gasteiger partial charge in [-0.15, -0.1) is 0 Å². The molecule has 0 radical (unpaired) electrons. The van der Waals surface area contributed by atoms with Crippen LogP contribution in [0, 0.1) is 0 Å². The summed E-state index contributed by atoms with van der Waals surface area (Å²) in [7, 11) is 2.08. The fourth-order valence-electron chi connectivity index (χ4n) is 3.84. The summed E-state index contributed by atoms with van der Waals surface area (Å²) in [6.45, 7) is 9.61. The van der Waals surface area contributed by atoms with Crippen molar-refractivity contribution in [1.29, 1.82) is 0 Å². The normalized spacial score (nSPS) is 21.4. The van der Waals surface area contributed by atoms with E-state index in [-0.39, 0.29) is 12.1 Å². The number of hydrogen-bond donors (Lipinski definition) is 2. The van der Waals surface area contributed by atoms with E-state index in [1.807, 2.05) is 24.8 Å². The summed E-state index contributed by atoms with van der Waals surface area (Å²) in [6.07, 6.45) is 1.07. The third-order valence-electron chi connectivity index (χ3n) is 5.05. The quantitative estimate of drug-likeness (QED) is 0.879. The summed E-state index contributed by atoms with van der Waals surface area (Å²) in [6, 6.07) is 6.24. The number of aliphatic hydroxyl groups is 1. The maximum absolute atomic E-state index is 12.7. The van der Waals surface area contributed by atoms with Gasteiger partial charge in [0.15, 0.2) is 0 Å². The topological polar surface area (TPSA) is 59.1 Å². The highest BCUT2D eigenvalue weighted by Crippen LogP contribution is 2.29. The molecule has 2 N–H and O–H groups in total. The lowest BCUT2D eigenvalue weighted by Crippen LogP contribution is -2.57. The van der Waals surface area contributed by atoms with Gasteiger partial charge < -0.3 is 20.2 Å². The number of fused-ring (bicyclic) bond motifs is 1. The van der Waals surface area contributed by atoms with Crippen molar-refractivity contribution in [2.45, 2.75) is 38.8 Å². The number of carbonyl (C=O) groups is 1. The molecular weight excluding hydrogens is 316 g/mol. The summed E-state index contributed by atoms with van der Waals surface area (Å²) in [5, 5.41) is 13.0. The predicted molar refractivity (Wildman–Crippen MR) is 101 cm³/mol. The first-order valence-corrected chi connectivity index (χ1v) is 9.09. The zero-order valence-corrected chi connectivity index (χ0v) is 15.7. The van der Waals surface area contributed by atoms with E-state index in [0.717, 1.165) is 31.7 Å². The number of piperazine rings is 1. The smallest absolute Gasteiger partial charge is 0.322 e. The monoisotopic (exact) mass is 346 g/mol. The molecule has 3 rings (SSSR count). The van der Waals surface area contributed by atoms with Crippen LogP contribution in [0.15, 0.2) is 18.2 Å². The second-order valence-corrected chi connectivity index (χ2v) is 8.04. The molecule has 1 aromatic rings. The molecule has 0 saturated carbocycles. The molecule has 1 atom stereocenters. The standard InChI is InChI=1S/C19H30N4O2/c1-14-12-22(13-19(2,3)25)9-10-23(14)18(24)20-16-6-5-15-7-8-21(4)17(15)11-16/h5-6,11,14,25H,7-10,12-13H2,1-4H3,(H,20,24)/t14-/m1/s1. The number of amides is 2. The Kier molecular flexibility index (Phi) is 4.93. The lowest BCUT2D eigenvalue weighted by Gasteiger charge is -2.41. The van der Waals surface area contributed by atoms with E-state index in [1.54, 1.807) is 0 Å². The van der Waals surface area contributed by atoms with Gasteiger partial charge in [0.1, 0.15) is 0 Å². The molecule has 2 aliphatic heterocycles. The molecule has 2 amide bonds. The maximum Gasteiger partial charge on any atom is 0.322 e. The van der Waals surface area contributed by atoms with Gasteiger partial charge in [-0.25, -0.2) is 4.79 Å². The highest BCUT2D eigenvalue weighted by atomic mass is 16.3. The Hall–Kier alpha value is -1.79. The van der Waals surface area contributed by atoms with E-state index in [9.17, 15) is 9.90 Å². The Bertz CT molecular complexity index is 641. The SMILES string of the molecule is C[C@@H]1CN(CC(C)(C)O)CCN1C(=O)Nc1ccc2c(c1)N(C)CC2. The third kappa shape index (κ3) is 4.25. The van der Waals surface area contributed by atoms with Crippen molar-refractivity contribution in [3.8, 4) is 0 Å². The van der Waals surface area contributed by atoms with Crippen molar-refractivity contribution in [2.75, 3.05) is 50.0 Å². The highest BCUT2D eigenvalue weighted by Gasteiger charge is 2.30. The van der Waals surface area contributed by atoms with Crippen LogP contribution in [-0.2, 0) is 6.42 Å². The lowest BCUT2D eigenvalue weighted by molar-refractivity contribution is 0.0130. The average Bonchev–Trinajstić information content (AvgIpc) is 2.87. The van der Waals surface area contributed by atoms with Crippen LogP contribution < -0.4 is 10.2 Å². The van der Waals surface area contributed by atoms with Crippen LogP contribution in [0.25, 0.3) is 0 Å². The van der Waals surface area contributed by atoms with Gasteiger partial charge in [-0.2, -0.15) is 0 Å². The van der Waals surface area contributed by atoms with Crippen molar-refractivity contribution in [1.82, 2.24) is 9.80 Å². The molecule has 0 bridgehead atoms. The predicted octanol–water partition coefficient (Wildman–Crippen LogP) is 1.99. The summed E-state index contributed by atoms with van der Waals surface area (Å²) in [5.41, 5.74) is 2.69. The average molecular weight is 346 g/mol. The molecular formula is C19H30N4O2. The lowest BCUT2D eigenvalue weighted by atomic mass is 10.1. The number of β-amino-alcohol motifs (C(OH)–C–C–N with tert-alkyl or cyclic N) is 1. The Labute approximate surface area is 150 Å². The van der Waals surface area contributed by atoms with Crippen molar-refractivity contribution >= 4 is 17.4 Å².